The topological polar surface area (TPSA) is 94.8 Å². The van der Waals surface area contributed by atoms with Crippen molar-refractivity contribution in [1.29, 1.82) is 0 Å². The van der Waals surface area contributed by atoms with Gasteiger partial charge in [0.15, 0.2) is 5.78 Å². The fourth-order valence-electron chi connectivity index (χ4n) is 3.70. The van der Waals surface area contributed by atoms with Crippen LogP contribution in [0.3, 0.4) is 0 Å². The van der Waals surface area contributed by atoms with Gasteiger partial charge in [0.05, 0.1) is 12.2 Å². The molecule has 1 fully saturated rings. The first kappa shape index (κ1) is 23.0. The van der Waals surface area contributed by atoms with E-state index in [1.165, 1.54) is 0 Å². The molecule has 0 aromatic carbocycles. The van der Waals surface area contributed by atoms with E-state index in [-0.39, 0.29) is 30.8 Å². The van der Waals surface area contributed by atoms with Crippen LogP contribution < -0.4 is 0 Å². The highest BCUT2D eigenvalue weighted by molar-refractivity contribution is 5.83. The Bertz CT molecular complexity index is 459. The summed E-state index contributed by atoms with van der Waals surface area (Å²) in [6, 6.07) is 0. The van der Waals surface area contributed by atoms with Crippen LogP contribution in [0.25, 0.3) is 0 Å². The SMILES string of the molecule is CCCCC(O)(CO)CC=C[C@H]1CCC(=O)[C@@H]1CCCCCC(=O)CO. The number of rotatable bonds is 14. The van der Waals surface area contributed by atoms with Crippen LogP contribution in [-0.2, 0) is 9.59 Å². The Balaban J connectivity index is 2.42. The smallest absolute Gasteiger partial charge is 0.158 e. The second-order valence-electron chi connectivity index (χ2n) is 7.69. The van der Waals surface area contributed by atoms with Gasteiger partial charge in [0.1, 0.15) is 12.4 Å². The summed E-state index contributed by atoms with van der Waals surface area (Å²) in [5, 5.41) is 28.5. The molecule has 0 amide bonds. The highest BCUT2D eigenvalue weighted by Gasteiger charge is 2.32. The third kappa shape index (κ3) is 8.11. The number of aliphatic hydroxyl groups excluding tert-OH is 2. The van der Waals surface area contributed by atoms with Gasteiger partial charge in [-0.05, 0) is 38.0 Å². The molecule has 1 aliphatic rings. The zero-order chi connectivity index (χ0) is 19.4. The van der Waals surface area contributed by atoms with Gasteiger partial charge in [-0.15, -0.1) is 0 Å². The number of unbranched alkanes of at least 4 members (excludes halogenated alkanes) is 3. The van der Waals surface area contributed by atoms with Gasteiger partial charge in [0.2, 0.25) is 0 Å². The Hall–Kier alpha value is -1.04. The van der Waals surface area contributed by atoms with Crippen molar-refractivity contribution in [2.45, 2.75) is 83.2 Å². The maximum Gasteiger partial charge on any atom is 0.158 e. The van der Waals surface area contributed by atoms with Crippen molar-refractivity contribution in [3.05, 3.63) is 12.2 Å². The lowest BCUT2D eigenvalue weighted by atomic mass is 9.88. The molecule has 5 nitrogen and oxygen atoms in total. The van der Waals surface area contributed by atoms with E-state index in [0.29, 0.717) is 31.5 Å². The van der Waals surface area contributed by atoms with Crippen LogP contribution >= 0.6 is 0 Å². The fourth-order valence-corrected chi connectivity index (χ4v) is 3.70. The van der Waals surface area contributed by atoms with E-state index in [0.717, 1.165) is 44.9 Å². The molecule has 3 N–H and O–H groups in total. The van der Waals surface area contributed by atoms with E-state index in [4.69, 9.17) is 5.11 Å². The molecule has 0 bridgehead atoms. The fraction of sp³-hybridized carbons (Fsp3) is 0.810. The van der Waals surface area contributed by atoms with Gasteiger partial charge in [-0.2, -0.15) is 0 Å². The predicted molar refractivity (Wildman–Crippen MR) is 102 cm³/mol. The van der Waals surface area contributed by atoms with E-state index in [9.17, 15) is 19.8 Å². The number of Topliss-reactive ketones (excluding diaryl/α,β-unsaturated/α-hetero) is 2. The van der Waals surface area contributed by atoms with Crippen LogP contribution in [0.5, 0.6) is 0 Å². The van der Waals surface area contributed by atoms with Crippen molar-refractivity contribution in [3.8, 4) is 0 Å². The molecule has 0 aromatic heterocycles. The zero-order valence-electron chi connectivity index (χ0n) is 16.2. The Labute approximate surface area is 157 Å². The molecule has 0 spiro atoms. The van der Waals surface area contributed by atoms with Crippen LogP contribution in [0.4, 0.5) is 0 Å². The Kier molecular flexibility index (Phi) is 10.9. The van der Waals surface area contributed by atoms with E-state index < -0.39 is 5.60 Å². The molecular formula is C21H36O5. The van der Waals surface area contributed by atoms with Gasteiger partial charge in [-0.25, -0.2) is 0 Å². The van der Waals surface area contributed by atoms with Gasteiger partial charge >= 0.3 is 0 Å². The van der Waals surface area contributed by atoms with Crippen molar-refractivity contribution in [1.82, 2.24) is 0 Å². The number of aliphatic hydroxyl groups is 3. The Morgan fingerprint density at radius 1 is 1.23 bits per heavy atom. The Morgan fingerprint density at radius 3 is 2.65 bits per heavy atom. The lowest BCUT2D eigenvalue weighted by Gasteiger charge is -2.24. The maximum absolute atomic E-state index is 12.2. The summed E-state index contributed by atoms with van der Waals surface area (Å²) in [4.78, 5) is 23.2. The van der Waals surface area contributed by atoms with Gasteiger partial charge in [0, 0.05) is 18.8 Å². The summed E-state index contributed by atoms with van der Waals surface area (Å²) in [6.45, 7) is 1.44. The van der Waals surface area contributed by atoms with E-state index in [2.05, 4.69) is 13.0 Å². The average Bonchev–Trinajstić information content (AvgIpc) is 2.99. The minimum atomic E-state index is -1.05. The first-order valence-electron chi connectivity index (χ1n) is 10.1. The van der Waals surface area contributed by atoms with Gasteiger partial charge in [-0.1, -0.05) is 44.8 Å². The molecule has 0 saturated heterocycles. The molecule has 150 valence electrons. The van der Waals surface area contributed by atoms with Crippen LogP contribution in [-0.4, -0.2) is 45.7 Å². The van der Waals surface area contributed by atoms with Crippen LogP contribution in [0.1, 0.15) is 77.6 Å². The molecule has 1 rings (SSSR count). The summed E-state index contributed by atoms with van der Waals surface area (Å²) in [6.07, 6.45) is 12.2. The highest BCUT2D eigenvalue weighted by atomic mass is 16.3. The standard InChI is InChI=1S/C21H36O5/c1-2-3-13-21(26,16-23)14-7-8-17-11-12-20(25)19(17)10-6-4-5-9-18(24)15-22/h7-8,17,19,22-23,26H,2-6,9-16H2,1H3/t17-,19+,21?/m0/s1. The van der Waals surface area contributed by atoms with Crippen LogP contribution in [0, 0.1) is 11.8 Å². The highest BCUT2D eigenvalue weighted by Crippen LogP contribution is 2.34. The van der Waals surface area contributed by atoms with Crippen molar-refractivity contribution >= 4 is 11.6 Å². The first-order valence-corrected chi connectivity index (χ1v) is 10.1. The van der Waals surface area contributed by atoms with Crippen molar-refractivity contribution in [3.63, 3.8) is 0 Å². The van der Waals surface area contributed by atoms with Crippen molar-refractivity contribution < 1.29 is 24.9 Å². The quantitative estimate of drug-likeness (QED) is 0.324. The number of carbonyl (C=O) groups is 2. The first-order chi connectivity index (χ1) is 12.5. The molecule has 26 heavy (non-hydrogen) atoms. The number of allylic oxidation sites excluding steroid dienone is 1. The molecule has 1 unspecified atom stereocenters. The number of hydrogen-bond acceptors (Lipinski definition) is 5. The molecule has 0 aromatic rings. The van der Waals surface area contributed by atoms with E-state index in [1.54, 1.807) is 0 Å². The molecule has 0 aliphatic heterocycles. The predicted octanol–water partition coefficient (Wildman–Crippen LogP) is 2.95. The molecule has 1 saturated carbocycles. The lowest BCUT2D eigenvalue weighted by molar-refractivity contribution is -0.122. The molecule has 1 aliphatic carbocycles. The summed E-state index contributed by atoms with van der Waals surface area (Å²) in [5.74, 6) is 0.449. The summed E-state index contributed by atoms with van der Waals surface area (Å²) >= 11 is 0. The minimum absolute atomic E-state index is 0.0395. The molecule has 3 atom stereocenters. The van der Waals surface area contributed by atoms with Gasteiger partial charge in [0.25, 0.3) is 0 Å². The molecular weight excluding hydrogens is 332 g/mol. The van der Waals surface area contributed by atoms with Crippen molar-refractivity contribution in [2.75, 3.05) is 13.2 Å². The zero-order valence-corrected chi connectivity index (χ0v) is 16.2. The van der Waals surface area contributed by atoms with Gasteiger partial charge < -0.3 is 15.3 Å². The summed E-state index contributed by atoms with van der Waals surface area (Å²) in [5.41, 5.74) is -1.05. The minimum Gasteiger partial charge on any atom is -0.393 e. The number of ketones is 2. The average molecular weight is 369 g/mol. The lowest BCUT2D eigenvalue weighted by Crippen LogP contribution is -2.32. The molecule has 5 heteroatoms. The third-order valence-corrected chi connectivity index (χ3v) is 5.47. The van der Waals surface area contributed by atoms with Gasteiger partial charge in [-0.3, -0.25) is 9.59 Å². The normalized spacial score (nSPS) is 22.8. The van der Waals surface area contributed by atoms with E-state index >= 15 is 0 Å². The maximum atomic E-state index is 12.2. The third-order valence-electron chi connectivity index (χ3n) is 5.47. The monoisotopic (exact) mass is 368 g/mol. The van der Waals surface area contributed by atoms with Crippen molar-refractivity contribution in [2.24, 2.45) is 11.8 Å². The summed E-state index contributed by atoms with van der Waals surface area (Å²) in [7, 11) is 0. The summed E-state index contributed by atoms with van der Waals surface area (Å²) < 4.78 is 0. The second-order valence-corrected chi connectivity index (χ2v) is 7.69. The number of carbonyl (C=O) groups excluding carboxylic acids is 2. The Morgan fingerprint density at radius 2 is 2.00 bits per heavy atom. The molecule has 0 heterocycles. The van der Waals surface area contributed by atoms with Crippen LogP contribution in [0.15, 0.2) is 12.2 Å². The number of hydrogen-bond donors (Lipinski definition) is 3. The van der Waals surface area contributed by atoms with Crippen LogP contribution in [0.2, 0.25) is 0 Å². The molecule has 0 radical (unpaired) electrons. The second kappa shape index (κ2) is 12.4. The van der Waals surface area contributed by atoms with E-state index in [1.807, 2.05) is 6.08 Å². The largest absolute Gasteiger partial charge is 0.393 e.